The van der Waals surface area contributed by atoms with Crippen LogP contribution in [0.15, 0.2) is 18.2 Å². The van der Waals surface area contributed by atoms with Crippen LogP contribution in [0.4, 0.5) is 8.78 Å². The Labute approximate surface area is 157 Å². The number of likely N-dealkylation sites (tertiary alicyclic amines) is 1. The molecule has 0 atom stereocenters. The normalized spacial score (nSPS) is 18.2. The second-order valence-electron chi connectivity index (χ2n) is 6.44. The van der Waals surface area contributed by atoms with Crippen LogP contribution in [0.2, 0.25) is 5.02 Å². The zero-order valence-corrected chi connectivity index (χ0v) is 15.3. The van der Waals surface area contributed by atoms with Crippen molar-refractivity contribution in [2.75, 3.05) is 19.6 Å². The van der Waals surface area contributed by atoms with E-state index in [0.717, 1.165) is 25.3 Å². The van der Waals surface area contributed by atoms with E-state index in [9.17, 15) is 13.6 Å². The Hall–Kier alpha value is -1.11. The van der Waals surface area contributed by atoms with E-state index < -0.39 is 6.61 Å². The highest BCUT2D eigenvalue weighted by atomic mass is 35.5. The Balaban J connectivity index is 0.00000225. The first-order chi connectivity index (χ1) is 11.5. The summed E-state index contributed by atoms with van der Waals surface area (Å²) in [6, 6.07) is 4.56. The van der Waals surface area contributed by atoms with Crippen LogP contribution in [0.25, 0.3) is 0 Å². The summed E-state index contributed by atoms with van der Waals surface area (Å²) in [4.78, 5) is 14.3. The second kappa shape index (κ2) is 9.01. The lowest BCUT2D eigenvalue weighted by molar-refractivity contribution is -0.0503. The molecule has 0 radical (unpaired) electrons. The molecule has 1 aliphatic heterocycles. The van der Waals surface area contributed by atoms with Gasteiger partial charge < -0.3 is 15.0 Å². The van der Waals surface area contributed by atoms with E-state index >= 15 is 0 Å². The van der Waals surface area contributed by atoms with Crippen LogP contribution < -0.4 is 10.1 Å². The molecule has 25 heavy (non-hydrogen) atoms. The number of carbonyl (C=O) groups is 1. The van der Waals surface area contributed by atoms with Crippen molar-refractivity contribution in [3.05, 3.63) is 28.8 Å². The van der Waals surface area contributed by atoms with E-state index in [0.29, 0.717) is 24.2 Å². The molecule has 0 bridgehead atoms. The van der Waals surface area contributed by atoms with Gasteiger partial charge in [0.2, 0.25) is 0 Å². The molecule has 1 aromatic carbocycles. The quantitative estimate of drug-likeness (QED) is 0.793. The summed E-state index contributed by atoms with van der Waals surface area (Å²) in [6.07, 6.45) is 4.35. The summed E-state index contributed by atoms with van der Waals surface area (Å²) in [5, 5.41) is 3.87. The molecule has 0 aromatic heterocycles. The number of hydrogen-bond donors (Lipinski definition) is 1. The van der Waals surface area contributed by atoms with E-state index in [-0.39, 0.29) is 29.6 Å². The number of amides is 1. The van der Waals surface area contributed by atoms with Gasteiger partial charge in [0, 0.05) is 24.2 Å². The third-order valence-corrected chi connectivity index (χ3v) is 4.80. The third-order valence-electron chi connectivity index (χ3n) is 4.56. The first kappa shape index (κ1) is 20.2. The van der Waals surface area contributed by atoms with Crippen molar-refractivity contribution < 1.29 is 18.3 Å². The van der Waals surface area contributed by atoms with Gasteiger partial charge in [-0.05, 0) is 56.3 Å². The van der Waals surface area contributed by atoms with Crippen LogP contribution in [0.5, 0.6) is 5.75 Å². The Bertz CT molecular complexity index is 592. The summed E-state index contributed by atoms with van der Waals surface area (Å²) >= 11 is 5.91. The van der Waals surface area contributed by atoms with Crippen LogP contribution >= 0.6 is 24.0 Å². The smallest absolute Gasteiger partial charge is 0.387 e. The van der Waals surface area contributed by atoms with Gasteiger partial charge in [-0.25, -0.2) is 0 Å². The Morgan fingerprint density at radius 2 is 1.96 bits per heavy atom. The molecule has 1 saturated carbocycles. The van der Waals surface area contributed by atoms with E-state index in [1.54, 1.807) is 4.90 Å². The first-order valence-corrected chi connectivity index (χ1v) is 8.67. The standard InChI is InChI=1S/C17H21ClF2N2O2.ClH/c18-12-3-4-15(24-17(19)20)14(9-12)16(23)22-7-5-13(6-8-22)21-10-11-1-2-11;/h3-4,9,11,13,17,21H,1-2,5-8,10H2;1H. The van der Waals surface area contributed by atoms with Gasteiger partial charge in [0.15, 0.2) is 0 Å². The number of nitrogens with zero attached hydrogens (tertiary/aromatic N) is 1. The summed E-state index contributed by atoms with van der Waals surface area (Å²) < 4.78 is 29.5. The third kappa shape index (κ3) is 5.69. The molecule has 3 rings (SSSR count). The summed E-state index contributed by atoms with van der Waals surface area (Å²) in [6.45, 7) is -0.724. The molecule has 1 aromatic rings. The highest BCUT2D eigenvalue weighted by Gasteiger charge is 2.28. The van der Waals surface area contributed by atoms with E-state index in [4.69, 9.17) is 11.6 Å². The van der Waals surface area contributed by atoms with Gasteiger partial charge in [0.25, 0.3) is 5.91 Å². The van der Waals surface area contributed by atoms with Crippen LogP contribution in [-0.2, 0) is 0 Å². The Morgan fingerprint density at radius 3 is 2.56 bits per heavy atom. The maximum Gasteiger partial charge on any atom is 0.387 e. The Morgan fingerprint density at radius 1 is 1.28 bits per heavy atom. The maximum atomic E-state index is 12.7. The van der Waals surface area contributed by atoms with Crippen molar-refractivity contribution in [2.45, 2.75) is 38.3 Å². The number of alkyl halides is 2. The van der Waals surface area contributed by atoms with Gasteiger partial charge in [-0.2, -0.15) is 8.78 Å². The largest absolute Gasteiger partial charge is 0.434 e. The average molecular weight is 395 g/mol. The highest BCUT2D eigenvalue weighted by molar-refractivity contribution is 6.31. The SMILES string of the molecule is Cl.O=C(c1cc(Cl)ccc1OC(F)F)N1CCC(NCC2CC2)CC1. The number of piperidine rings is 1. The Kier molecular flexibility index (Phi) is 7.28. The zero-order valence-electron chi connectivity index (χ0n) is 13.7. The van der Waals surface area contributed by atoms with Crippen molar-refractivity contribution in [2.24, 2.45) is 5.92 Å². The molecule has 1 N–H and O–H groups in total. The lowest BCUT2D eigenvalue weighted by atomic mass is 10.0. The monoisotopic (exact) mass is 394 g/mol. The van der Waals surface area contributed by atoms with Crippen molar-refractivity contribution in [3.8, 4) is 5.75 Å². The van der Waals surface area contributed by atoms with E-state index in [1.165, 1.54) is 31.0 Å². The summed E-state index contributed by atoms with van der Waals surface area (Å²) in [7, 11) is 0. The average Bonchev–Trinajstić information content (AvgIpc) is 3.38. The molecule has 1 aliphatic carbocycles. The number of halogens is 4. The number of nitrogens with one attached hydrogen (secondary N) is 1. The van der Waals surface area contributed by atoms with Crippen LogP contribution in [-0.4, -0.2) is 43.1 Å². The summed E-state index contributed by atoms with van der Waals surface area (Å²) in [5.74, 6) is 0.382. The van der Waals surface area contributed by atoms with Gasteiger partial charge >= 0.3 is 6.61 Å². The second-order valence-corrected chi connectivity index (χ2v) is 6.87. The van der Waals surface area contributed by atoms with Crippen LogP contribution in [0, 0.1) is 5.92 Å². The molecule has 4 nitrogen and oxygen atoms in total. The lowest BCUT2D eigenvalue weighted by Gasteiger charge is -2.33. The van der Waals surface area contributed by atoms with E-state index in [1.807, 2.05) is 0 Å². The molecular formula is C17H22Cl2F2N2O2. The lowest BCUT2D eigenvalue weighted by Crippen LogP contribution is -2.45. The maximum absolute atomic E-state index is 12.7. The fourth-order valence-corrected chi connectivity index (χ4v) is 3.15. The van der Waals surface area contributed by atoms with Crippen molar-refractivity contribution >= 4 is 29.9 Å². The van der Waals surface area contributed by atoms with Gasteiger partial charge in [0.05, 0.1) is 5.56 Å². The summed E-state index contributed by atoms with van der Waals surface area (Å²) in [5.41, 5.74) is 0.0900. The molecule has 8 heteroatoms. The number of benzene rings is 1. The fraction of sp³-hybridized carbons (Fsp3) is 0.588. The van der Waals surface area contributed by atoms with Gasteiger partial charge in [-0.1, -0.05) is 11.6 Å². The van der Waals surface area contributed by atoms with Crippen molar-refractivity contribution in [1.82, 2.24) is 10.2 Å². The topological polar surface area (TPSA) is 41.6 Å². The molecule has 2 fully saturated rings. The molecule has 0 unspecified atom stereocenters. The fourth-order valence-electron chi connectivity index (χ4n) is 2.98. The number of carbonyl (C=O) groups excluding carboxylic acids is 1. The van der Waals surface area contributed by atoms with Crippen molar-refractivity contribution in [3.63, 3.8) is 0 Å². The number of rotatable bonds is 6. The molecule has 1 heterocycles. The zero-order chi connectivity index (χ0) is 17.1. The molecule has 0 spiro atoms. The predicted octanol–water partition coefficient (Wildman–Crippen LogP) is 3.97. The van der Waals surface area contributed by atoms with Crippen LogP contribution in [0.1, 0.15) is 36.0 Å². The van der Waals surface area contributed by atoms with Crippen LogP contribution in [0.3, 0.4) is 0 Å². The molecule has 140 valence electrons. The molecule has 1 amide bonds. The highest BCUT2D eigenvalue weighted by Crippen LogP contribution is 2.29. The molecular weight excluding hydrogens is 373 g/mol. The van der Waals surface area contributed by atoms with Gasteiger partial charge in [-0.3, -0.25) is 4.79 Å². The first-order valence-electron chi connectivity index (χ1n) is 8.30. The van der Waals surface area contributed by atoms with Gasteiger partial charge in [0.1, 0.15) is 5.75 Å². The minimum atomic E-state index is -2.98. The van der Waals surface area contributed by atoms with Gasteiger partial charge in [-0.15, -0.1) is 12.4 Å². The minimum Gasteiger partial charge on any atom is -0.434 e. The number of ether oxygens (including phenoxy) is 1. The minimum absolute atomic E-state index is 0. The molecule has 1 saturated heterocycles. The predicted molar refractivity (Wildman–Crippen MR) is 95.0 cm³/mol. The molecule has 2 aliphatic rings. The van der Waals surface area contributed by atoms with E-state index in [2.05, 4.69) is 10.1 Å². The van der Waals surface area contributed by atoms with Crippen molar-refractivity contribution in [1.29, 1.82) is 0 Å². The number of hydrogen-bond acceptors (Lipinski definition) is 3.